The first kappa shape index (κ1) is 27.8. The van der Waals surface area contributed by atoms with Gasteiger partial charge in [0, 0.05) is 17.8 Å². The lowest BCUT2D eigenvalue weighted by Gasteiger charge is -2.35. The highest BCUT2D eigenvalue weighted by Crippen LogP contribution is 2.39. The van der Waals surface area contributed by atoms with Gasteiger partial charge in [-0.05, 0) is 64.8 Å². The second kappa shape index (κ2) is 10.5. The molecule has 9 heteroatoms. The van der Waals surface area contributed by atoms with Gasteiger partial charge in [0.05, 0.1) is 19.3 Å². The second-order valence-corrected chi connectivity index (χ2v) is 11.3. The van der Waals surface area contributed by atoms with E-state index in [4.69, 9.17) is 18.9 Å². The molecule has 1 aromatic heterocycles. The van der Waals surface area contributed by atoms with Crippen molar-refractivity contribution in [2.75, 3.05) is 12.1 Å². The van der Waals surface area contributed by atoms with Crippen LogP contribution in [0.3, 0.4) is 0 Å². The Hall–Kier alpha value is -4.27. The smallest absolute Gasteiger partial charge is 0.429 e. The molecule has 4 rings (SSSR count). The van der Waals surface area contributed by atoms with Gasteiger partial charge in [-0.3, -0.25) is 9.47 Å². The van der Waals surface area contributed by atoms with Gasteiger partial charge >= 0.3 is 12.1 Å². The second-order valence-electron chi connectivity index (χ2n) is 11.3. The molecule has 9 nitrogen and oxygen atoms in total. The third kappa shape index (κ3) is 6.42. The molecule has 0 bridgehead atoms. The van der Waals surface area contributed by atoms with Crippen molar-refractivity contribution in [2.24, 2.45) is 0 Å². The van der Waals surface area contributed by atoms with Crippen molar-refractivity contribution in [1.29, 1.82) is 0 Å². The molecule has 0 spiro atoms. The summed E-state index contributed by atoms with van der Waals surface area (Å²) in [6.45, 7) is 10.9. The maximum absolute atomic E-state index is 13.3. The zero-order valence-corrected chi connectivity index (χ0v) is 23.4. The fraction of sp³-hybridized carbons (Fsp3) is 0.367. The molecular formula is C30H34N2O7. The number of rotatable bonds is 5. The molecule has 1 aliphatic rings. The lowest BCUT2D eigenvalue weighted by atomic mass is 9.99. The van der Waals surface area contributed by atoms with Crippen LogP contribution < -0.4 is 19.9 Å². The minimum absolute atomic E-state index is 0.0968. The summed E-state index contributed by atoms with van der Waals surface area (Å²) < 4.78 is 24.2. The molecule has 0 atom stereocenters. The molecule has 0 radical (unpaired) electrons. The molecule has 206 valence electrons. The maximum Gasteiger partial charge on any atom is 0.429 e. The highest BCUT2D eigenvalue weighted by molar-refractivity contribution is 5.91. The number of aromatic nitrogens is 1. The quantitative estimate of drug-likeness (QED) is 0.402. The summed E-state index contributed by atoms with van der Waals surface area (Å²) in [7, 11) is 1.53. The lowest BCUT2D eigenvalue weighted by molar-refractivity contribution is 0.00661. The number of amides is 1. The molecule has 1 amide bonds. The van der Waals surface area contributed by atoms with Crippen LogP contribution in [0.25, 0.3) is 11.3 Å². The van der Waals surface area contributed by atoms with Gasteiger partial charge in [-0.2, -0.15) is 0 Å². The average Bonchev–Trinajstić information content (AvgIpc) is 2.84. The minimum Gasteiger partial charge on any atom is -0.493 e. The number of nitrogens with zero attached hydrogens (tertiary/aromatic N) is 2. The summed E-state index contributed by atoms with van der Waals surface area (Å²) in [4.78, 5) is 39.3. The number of esters is 1. The predicted octanol–water partition coefficient (Wildman–Crippen LogP) is 5.44. The van der Waals surface area contributed by atoms with Gasteiger partial charge in [-0.25, -0.2) is 14.6 Å². The number of methoxy groups -OCH3 is 1. The molecule has 3 aromatic rings. The summed E-state index contributed by atoms with van der Waals surface area (Å²) in [5.74, 6) is 0.177. The van der Waals surface area contributed by atoms with Gasteiger partial charge in [-0.1, -0.05) is 30.3 Å². The Morgan fingerprint density at radius 1 is 0.897 bits per heavy atom. The van der Waals surface area contributed by atoms with Gasteiger partial charge in [0.2, 0.25) is 0 Å². The van der Waals surface area contributed by atoms with Crippen molar-refractivity contribution < 1.29 is 28.5 Å². The summed E-state index contributed by atoms with van der Waals surface area (Å²) in [5, 5.41) is 1.34. The summed E-state index contributed by atoms with van der Waals surface area (Å²) in [6, 6.07) is 14.6. The summed E-state index contributed by atoms with van der Waals surface area (Å²) >= 11 is 0. The van der Waals surface area contributed by atoms with Crippen LogP contribution >= 0.6 is 0 Å². The molecule has 0 saturated carbocycles. The van der Waals surface area contributed by atoms with Gasteiger partial charge in [0.1, 0.15) is 23.4 Å². The van der Waals surface area contributed by atoms with Crippen LogP contribution in [0.1, 0.15) is 63.0 Å². The van der Waals surface area contributed by atoms with Crippen molar-refractivity contribution in [3.8, 4) is 22.8 Å². The van der Waals surface area contributed by atoms with E-state index in [9.17, 15) is 14.4 Å². The van der Waals surface area contributed by atoms with Crippen molar-refractivity contribution in [2.45, 2.75) is 65.9 Å². The van der Waals surface area contributed by atoms with E-state index in [1.165, 1.54) is 29.1 Å². The Balaban J connectivity index is 1.82. The Morgan fingerprint density at radius 3 is 2.18 bits per heavy atom. The highest BCUT2D eigenvalue weighted by atomic mass is 16.6. The number of hydrogen-bond donors (Lipinski definition) is 0. The van der Waals surface area contributed by atoms with E-state index in [-0.39, 0.29) is 12.1 Å². The first-order valence-electron chi connectivity index (χ1n) is 12.6. The fourth-order valence-corrected chi connectivity index (χ4v) is 4.09. The molecule has 0 N–H and O–H groups in total. The zero-order chi connectivity index (χ0) is 28.5. The molecular weight excluding hydrogens is 500 g/mol. The third-order valence-corrected chi connectivity index (χ3v) is 5.74. The van der Waals surface area contributed by atoms with Crippen LogP contribution in [-0.4, -0.2) is 35.1 Å². The summed E-state index contributed by atoms with van der Waals surface area (Å²) in [6.07, 6.45) is 0.681. The van der Waals surface area contributed by atoms with Gasteiger partial charge in [0.25, 0.3) is 0 Å². The van der Waals surface area contributed by atoms with Gasteiger partial charge < -0.3 is 18.9 Å². The maximum atomic E-state index is 13.3. The Bertz CT molecular complexity index is 1450. The van der Waals surface area contributed by atoms with E-state index in [2.05, 4.69) is 0 Å². The molecule has 2 heterocycles. The predicted molar refractivity (Wildman–Crippen MR) is 147 cm³/mol. The van der Waals surface area contributed by atoms with Crippen LogP contribution in [0.4, 0.5) is 4.79 Å². The molecule has 0 fully saturated rings. The first-order valence-corrected chi connectivity index (χ1v) is 12.6. The fourth-order valence-electron chi connectivity index (χ4n) is 4.09. The number of benzene rings is 2. The Labute approximate surface area is 227 Å². The van der Waals surface area contributed by atoms with Gasteiger partial charge in [0.15, 0.2) is 16.9 Å². The van der Waals surface area contributed by atoms with Crippen molar-refractivity contribution >= 4 is 12.1 Å². The number of fused-ring (bicyclic) bond motifs is 3. The van der Waals surface area contributed by atoms with E-state index in [0.717, 1.165) is 5.56 Å². The standard InChI is InChI=1S/C30H34N2O7/c1-29(2,3)38-27(34)22-17-31-23(15-24(22)33)21-14-25(36-7)26(37-18-19-11-9-8-10-12-19)13-20(21)16-32(31)28(35)39-30(4,5)6/h8-15,17H,16,18H2,1-7H3. The van der Waals surface area contributed by atoms with Crippen molar-refractivity contribution in [1.82, 2.24) is 4.68 Å². The number of ether oxygens (including phenoxy) is 4. The van der Waals surface area contributed by atoms with Crippen LogP contribution in [0.15, 0.2) is 59.5 Å². The molecule has 39 heavy (non-hydrogen) atoms. The van der Waals surface area contributed by atoms with E-state index in [0.29, 0.717) is 34.9 Å². The van der Waals surface area contributed by atoms with Crippen molar-refractivity contribution in [3.05, 3.63) is 81.6 Å². The SMILES string of the molecule is COc1cc2c(cc1OCc1ccccc1)CN(C(=O)OC(C)(C)C)n1cc(C(=O)OC(C)(C)C)c(=O)cc1-2. The van der Waals surface area contributed by atoms with E-state index < -0.39 is 28.7 Å². The van der Waals surface area contributed by atoms with Crippen LogP contribution in [-0.2, 0) is 22.6 Å². The average molecular weight is 535 g/mol. The molecule has 2 aromatic carbocycles. The normalized spacial score (nSPS) is 12.7. The number of carbonyl (C=O) groups is 2. The Morgan fingerprint density at radius 2 is 1.56 bits per heavy atom. The molecule has 0 aliphatic carbocycles. The monoisotopic (exact) mass is 534 g/mol. The first-order chi connectivity index (χ1) is 18.3. The molecule has 0 saturated heterocycles. The Kier molecular flexibility index (Phi) is 7.46. The van der Waals surface area contributed by atoms with Crippen molar-refractivity contribution in [3.63, 3.8) is 0 Å². The highest BCUT2D eigenvalue weighted by Gasteiger charge is 2.32. The zero-order valence-electron chi connectivity index (χ0n) is 23.4. The largest absolute Gasteiger partial charge is 0.493 e. The van der Waals surface area contributed by atoms with Crippen LogP contribution in [0.5, 0.6) is 11.5 Å². The number of carbonyl (C=O) groups excluding carboxylic acids is 2. The van der Waals surface area contributed by atoms with E-state index in [1.54, 1.807) is 53.7 Å². The van der Waals surface area contributed by atoms with E-state index >= 15 is 0 Å². The van der Waals surface area contributed by atoms with Crippen LogP contribution in [0.2, 0.25) is 0 Å². The van der Waals surface area contributed by atoms with E-state index in [1.807, 2.05) is 30.3 Å². The molecule has 1 aliphatic heterocycles. The van der Waals surface area contributed by atoms with Crippen LogP contribution in [0, 0.1) is 0 Å². The number of pyridine rings is 1. The lowest BCUT2D eigenvalue weighted by Crippen LogP contribution is -2.46. The number of hydrogen-bond acceptors (Lipinski definition) is 7. The topological polar surface area (TPSA) is 96.3 Å². The minimum atomic E-state index is -0.801. The van der Waals surface area contributed by atoms with Gasteiger partial charge in [-0.15, -0.1) is 0 Å². The molecule has 0 unspecified atom stereocenters. The summed E-state index contributed by atoms with van der Waals surface area (Å²) in [5.41, 5.74) is 0.461. The third-order valence-electron chi connectivity index (χ3n) is 5.74.